The van der Waals surface area contributed by atoms with Crippen LogP contribution in [-0.4, -0.2) is 48.9 Å². The quantitative estimate of drug-likeness (QED) is 0.669. The molecule has 0 aliphatic carbocycles. The molecule has 29 heavy (non-hydrogen) atoms. The molecular weight excluding hydrogens is 440 g/mol. The molecule has 0 spiro atoms. The third-order valence-electron chi connectivity index (χ3n) is 4.59. The second-order valence-corrected chi connectivity index (χ2v) is 7.42. The number of methoxy groups -OCH3 is 1. The van der Waals surface area contributed by atoms with E-state index in [4.69, 9.17) is 9.47 Å². The van der Waals surface area contributed by atoms with Gasteiger partial charge in [-0.1, -0.05) is 46.3 Å². The Balaban J connectivity index is 1.73. The molecule has 3 rings (SSSR count). The van der Waals surface area contributed by atoms with Crippen molar-refractivity contribution >= 4 is 33.7 Å². The Morgan fingerprint density at radius 1 is 1.21 bits per heavy atom. The van der Waals surface area contributed by atoms with Gasteiger partial charge in [-0.2, -0.15) is 0 Å². The average molecular weight is 461 g/mol. The number of hydrogen-bond donors (Lipinski definition) is 1. The molecule has 1 aliphatic rings. The lowest BCUT2D eigenvalue weighted by molar-refractivity contribution is -0.148. The van der Waals surface area contributed by atoms with E-state index in [1.807, 2.05) is 30.3 Å². The van der Waals surface area contributed by atoms with Gasteiger partial charge in [-0.25, -0.2) is 0 Å². The number of carbonyl (C=O) groups is 3. The van der Waals surface area contributed by atoms with Crippen molar-refractivity contribution in [3.05, 3.63) is 64.1 Å². The van der Waals surface area contributed by atoms with E-state index < -0.39 is 12.0 Å². The summed E-state index contributed by atoms with van der Waals surface area (Å²) in [5, 5.41) is 2.71. The molecule has 1 atom stereocenters. The van der Waals surface area contributed by atoms with Gasteiger partial charge in [0.1, 0.15) is 18.4 Å². The summed E-state index contributed by atoms with van der Waals surface area (Å²) >= 11 is 3.35. The van der Waals surface area contributed by atoms with Gasteiger partial charge in [0.05, 0.1) is 19.1 Å². The molecule has 0 saturated carbocycles. The summed E-state index contributed by atoms with van der Waals surface area (Å²) in [6.07, 6.45) is -0.222. The van der Waals surface area contributed by atoms with Crippen molar-refractivity contribution < 1.29 is 23.9 Å². The van der Waals surface area contributed by atoms with Crippen molar-refractivity contribution in [3.8, 4) is 5.75 Å². The maximum absolute atomic E-state index is 13.1. The van der Waals surface area contributed by atoms with Gasteiger partial charge in [0, 0.05) is 17.6 Å². The molecule has 0 bridgehead atoms. The number of rotatable bonds is 6. The first-order valence-corrected chi connectivity index (χ1v) is 9.90. The van der Waals surface area contributed by atoms with Crippen LogP contribution in [-0.2, 0) is 20.9 Å². The van der Waals surface area contributed by atoms with Gasteiger partial charge in [0.25, 0.3) is 5.91 Å². The SMILES string of the molecule is COc1ccc(Br)cc1C(=O)N1CCNC(=O)C1CC(=O)OCc1ccccc1. The molecule has 1 N–H and O–H groups in total. The number of ether oxygens (including phenoxy) is 2. The van der Waals surface area contributed by atoms with Gasteiger partial charge in [0.15, 0.2) is 0 Å². The lowest BCUT2D eigenvalue weighted by Gasteiger charge is -2.34. The minimum Gasteiger partial charge on any atom is -0.496 e. The number of piperazine rings is 1. The van der Waals surface area contributed by atoms with E-state index in [0.29, 0.717) is 22.3 Å². The summed E-state index contributed by atoms with van der Waals surface area (Å²) in [5.41, 5.74) is 1.17. The molecule has 1 saturated heterocycles. The smallest absolute Gasteiger partial charge is 0.308 e. The van der Waals surface area contributed by atoms with Crippen molar-refractivity contribution in [2.45, 2.75) is 19.1 Å². The van der Waals surface area contributed by atoms with Crippen LogP contribution in [0, 0.1) is 0 Å². The number of nitrogens with one attached hydrogen (secondary N) is 1. The van der Waals surface area contributed by atoms with Crippen LogP contribution < -0.4 is 10.1 Å². The highest BCUT2D eigenvalue weighted by Crippen LogP contribution is 2.26. The molecule has 1 fully saturated rings. The van der Waals surface area contributed by atoms with Gasteiger partial charge >= 0.3 is 5.97 Å². The van der Waals surface area contributed by atoms with Crippen molar-refractivity contribution in [2.75, 3.05) is 20.2 Å². The standard InChI is InChI=1S/C21H21BrN2O5/c1-28-18-8-7-15(22)11-16(18)21(27)24-10-9-23-20(26)17(24)12-19(25)29-13-14-5-3-2-4-6-14/h2-8,11,17H,9-10,12-13H2,1H3,(H,23,26). The van der Waals surface area contributed by atoms with Crippen LogP contribution in [0.5, 0.6) is 5.75 Å². The molecule has 7 nitrogen and oxygen atoms in total. The molecule has 0 aromatic heterocycles. The first kappa shape index (κ1) is 20.9. The Labute approximate surface area is 177 Å². The summed E-state index contributed by atoms with van der Waals surface area (Å²) in [4.78, 5) is 39.3. The van der Waals surface area contributed by atoms with Crippen molar-refractivity contribution in [3.63, 3.8) is 0 Å². The number of hydrogen-bond acceptors (Lipinski definition) is 5. The van der Waals surface area contributed by atoms with Gasteiger partial charge < -0.3 is 19.7 Å². The minimum absolute atomic E-state index is 0.113. The van der Waals surface area contributed by atoms with E-state index in [0.717, 1.165) is 5.56 Å². The van der Waals surface area contributed by atoms with Crippen LogP contribution in [0.3, 0.4) is 0 Å². The fourth-order valence-electron chi connectivity index (χ4n) is 3.12. The molecular formula is C21H21BrN2O5. The summed E-state index contributed by atoms with van der Waals surface area (Å²) in [7, 11) is 1.47. The predicted octanol–water partition coefficient (Wildman–Crippen LogP) is 2.53. The molecule has 1 heterocycles. The van der Waals surface area contributed by atoms with Crippen molar-refractivity contribution in [1.82, 2.24) is 10.2 Å². The van der Waals surface area contributed by atoms with Crippen LogP contribution in [0.4, 0.5) is 0 Å². The Morgan fingerprint density at radius 2 is 1.97 bits per heavy atom. The van der Waals surface area contributed by atoms with E-state index in [1.165, 1.54) is 12.0 Å². The van der Waals surface area contributed by atoms with Crippen molar-refractivity contribution in [1.29, 1.82) is 0 Å². The number of esters is 1. The van der Waals surface area contributed by atoms with E-state index in [9.17, 15) is 14.4 Å². The highest BCUT2D eigenvalue weighted by Gasteiger charge is 2.36. The Morgan fingerprint density at radius 3 is 2.69 bits per heavy atom. The second kappa shape index (κ2) is 9.56. The lowest BCUT2D eigenvalue weighted by Crippen LogP contribution is -2.57. The third-order valence-corrected chi connectivity index (χ3v) is 5.08. The summed E-state index contributed by atoms with van der Waals surface area (Å²) in [5.74, 6) is -0.904. The lowest BCUT2D eigenvalue weighted by atomic mass is 10.1. The number of amides is 2. The summed E-state index contributed by atoms with van der Waals surface area (Å²) < 4.78 is 11.3. The van der Waals surface area contributed by atoms with Crippen LogP contribution in [0.2, 0.25) is 0 Å². The molecule has 0 radical (unpaired) electrons. The fourth-order valence-corrected chi connectivity index (χ4v) is 3.48. The average Bonchev–Trinajstić information content (AvgIpc) is 2.74. The number of halogens is 1. The van der Waals surface area contributed by atoms with Crippen LogP contribution in [0.15, 0.2) is 53.0 Å². The molecule has 2 amide bonds. The van der Waals surface area contributed by atoms with E-state index in [2.05, 4.69) is 21.2 Å². The van der Waals surface area contributed by atoms with Crippen LogP contribution in [0.25, 0.3) is 0 Å². The summed E-state index contributed by atoms with van der Waals surface area (Å²) in [6, 6.07) is 13.4. The molecule has 2 aromatic carbocycles. The maximum Gasteiger partial charge on any atom is 0.308 e. The highest BCUT2D eigenvalue weighted by molar-refractivity contribution is 9.10. The van der Waals surface area contributed by atoms with Gasteiger partial charge in [0.2, 0.25) is 5.91 Å². The molecule has 1 aliphatic heterocycles. The second-order valence-electron chi connectivity index (χ2n) is 6.50. The number of nitrogens with zero attached hydrogens (tertiary/aromatic N) is 1. The van der Waals surface area contributed by atoms with Crippen LogP contribution >= 0.6 is 15.9 Å². The van der Waals surface area contributed by atoms with Gasteiger partial charge in [-0.3, -0.25) is 14.4 Å². The molecule has 1 unspecified atom stereocenters. The highest BCUT2D eigenvalue weighted by atomic mass is 79.9. The fraction of sp³-hybridized carbons (Fsp3) is 0.286. The number of carbonyl (C=O) groups excluding carboxylic acids is 3. The zero-order valence-electron chi connectivity index (χ0n) is 15.9. The Bertz CT molecular complexity index is 903. The zero-order valence-corrected chi connectivity index (χ0v) is 17.5. The molecule has 152 valence electrons. The number of benzene rings is 2. The topological polar surface area (TPSA) is 84.9 Å². The monoisotopic (exact) mass is 460 g/mol. The van der Waals surface area contributed by atoms with Crippen LogP contribution in [0.1, 0.15) is 22.3 Å². The van der Waals surface area contributed by atoms with Gasteiger partial charge in [-0.15, -0.1) is 0 Å². The Kier molecular flexibility index (Phi) is 6.87. The van der Waals surface area contributed by atoms with E-state index >= 15 is 0 Å². The van der Waals surface area contributed by atoms with Gasteiger partial charge in [-0.05, 0) is 23.8 Å². The largest absolute Gasteiger partial charge is 0.496 e. The molecule has 2 aromatic rings. The first-order chi connectivity index (χ1) is 14.0. The predicted molar refractivity (Wildman–Crippen MR) is 109 cm³/mol. The first-order valence-electron chi connectivity index (χ1n) is 9.11. The minimum atomic E-state index is -0.941. The normalized spacial score (nSPS) is 16.1. The third kappa shape index (κ3) is 5.14. The zero-order chi connectivity index (χ0) is 20.8. The van der Waals surface area contributed by atoms with Crippen molar-refractivity contribution in [2.24, 2.45) is 0 Å². The van der Waals surface area contributed by atoms with E-state index in [1.54, 1.807) is 18.2 Å². The van der Waals surface area contributed by atoms with E-state index in [-0.39, 0.29) is 31.4 Å². The molecule has 8 heteroatoms. The summed E-state index contributed by atoms with van der Waals surface area (Å²) in [6.45, 7) is 0.717. The maximum atomic E-state index is 13.1. The Hall–Kier alpha value is -2.87.